The van der Waals surface area contributed by atoms with Crippen LogP contribution in [0.1, 0.15) is 281 Å². The Morgan fingerprint density at radius 2 is 0.486 bits per heavy atom. The third-order valence-electron chi connectivity index (χ3n) is 13.9. The minimum atomic E-state index is 0.712. The molecule has 0 saturated heterocycles. The standard InChI is InChI=1S/C66H106O4/c1-5-9-13-17-21-25-29-33-37-53-67-63-49-43-59(44-50-63)41-47-61-57-66(70-56-40-36-32-28-24-20-16-12-8-4)62(58-65(61)69-55-39-35-31-27-23-19-15-11-7-3)48-42-60-45-51-64(52-46-60)68-54-38-34-30-26-22-18-14-10-6-2/h41-52,57-58H,5-40,53-56H2,1-4H3/b47-41+,48-42+. The van der Waals surface area contributed by atoms with E-state index in [9.17, 15) is 0 Å². The number of hydrogen-bond donors (Lipinski definition) is 0. The van der Waals surface area contributed by atoms with Gasteiger partial charge in [0.15, 0.2) is 0 Å². The molecular weight excluding hydrogens is 857 g/mol. The summed E-state index contributed by atoms with van der Waals surface area (Å²) < 4.78 is 25.7. The molecule has 0 bridgehead atoms. The summed E-state index contributed by atoms with van der Waals surface area (Å²) in [5, 5.41) is 0. The average Bonchev–Trinajstić information content (AvgIpc) is 3.38. The van der Waals surface area contributed by atoms with E-state index in [0.717, 1.165) is 84.1 Å². The summed E-state index contributed by atoms with van der Waals surface area (Å²) in [6.07, 6.45) is 55.9. The van der Waals surface area contributed by atoms with E-state index in [2.05, 4.69) is 113 Å². The van der Waals surface area contributed by atoms with Gasteiger partial charge in [0, 0.05) is 11.1 Å². The molecule has 3 aromatic carbocycles. The summed E-state index contributed by atoms with van der Waals surface area (Å²) in [7, 11) is 0. The maximum Gasteiger partial charge on any atom is 0.127 e. The molecule has 4 nitrogen and oxygen atoms in total. The van der Waals surface area contributed by atoms with E-state index < -0.39 is 0 Å². The van der Waals surface area contributed by atoms with Crippen molar-refractivity contribution in [2.75, 3.05) is 26.4 Å². The van der Waals surface area contributed by atoms with Gasteiger partial charge in [-0.1, -0.05) is 282 Å². The number of ether oxygens (including phenoxy) is 4. The fourth-order valence-electron chi connectivity index (χ4n) is 9.22. The maximum atomic E-state index is 6.68. The first-order valence-electron chi connectivity index (χ1n) is 29.9. The Hall–Kier alpha value is -3.66. The molecule has 70 heavy (non-hydrogen) atoms. The number of hydrogen-bond acceptors (Lipinski definition) is 4. The van der Waals surface area contributed by atoms with E-state index in [4.69, 9.17) is 18.9 Å². The molecule has 0 amide bonds. The van der Waals surface area contributed by atoms with Crippen LogP contribution in [0.15, 0.2) is 60.7 Å². The summed E-state index contributed by atoms with van der Waals surface area (Å²) >= 11 is 0. The van der Waals surface area contributed by atoms with Crippen LogP contribution in [0.2, 0.25) is 0 Å². The molecule has 0 saturated carbocycles. The Morgan fingerprint density at radius 1 is 0.257 bits per heavy atom. The van der Waals surface area contributed by atoms with Crippen molar-refractivity contribution in [1.29, 1.82) is 0 Å². The van der Waals surface area contributed by atoms with Gasteiger partial charge < -0.3 is 18.9 Å². The van der Waals surface area contributed by atoms with Crippen molar-refractivity contribution >= 4 is 24.3 Å². The van der Waals surface area contributed by atoms with E-state index >= 15 is 0 Å². The zero-order chi connectivity index (χ0) is 49.6. The molecule has 0 fully saturated rings. The second-order valence-corrected chi connectivity index (χ2v) is 20.4. The quantitative estimate of drug-likeness (QED) is 0.0417. The lowest BCUT2D eigenvalue weighted by Gasteiger charge is -2.16. The molecule has 3 aromatic rings. The van der Waals surface area contributed by atoms with Gasteiger partial charge in [-0.05, 0) is 73.2 Å². The molecule has 0 aliphatic rings. The molecule has 0 unspecified atom stereocenters. The summed E-state index contributed by atoms with van der Waals surface area (Å²) in [6, 6.07) is 21.5. The summed E-state index contributed by atoms with van der Waals surface area (Å²) in [6.45, 7) is 12.1. The van der Waals surface area contributed by atoms with E-state index in [1.807, 2.05) is 0 Å². The van der Waals surface area contributed by atoms with Crippen molar-refractivity contribution in [3.05, 3.63) is 82.9 Å². The summed E-state index contributed by atoms with van der Waals surface area (Å²) in [5.41, 5.74) is 4.38. The summed E-state index contributed by atoms with van der Waals surface area (Å²) in [5.74, 6) is 3.71. The molecule has 0 atom stereocenters. The molecule has 0 aliphatic carbocycles. The Balaban J connectivity index is 1.69. The highest BCUT2D eigenvalue weighted by molar-refractivity contribution is 5.79. The average molecular weight is 964 g/mol. The molecule has 4 heteroatoms. The largest absolute Gasteiger partial charge is 0.494 e. The van der Waals surface area contributed by atoms with Crippen LogP contribution >= 0.6 is 0 Å². The molecule has 0 aliphatic heterocycles. The van der Waals surface area contributed by atoms with Crippen molar-refractivity contribution in [2.45, 2.75) is 259 Å². The van der Waals surface area contributed by atoms with Gasteiger partial charge in [0.05, 0.1) is 26.4 Å². The Kier molecular flexibility index (Phi) is 38.2. The van der Waals surface area contributed by atoms with Crippen LogP contribution in [0.5, 0.6) is 23.0 Å². The summed E-state index contributed by atoms with van der Waals surface area (Å²) in [4.78, 5) is 0. The van der Waals surface area contributed by atoms with Crippen LogP contribution in [-0.4, -0.2) is 26.4 Å². The predicted molar refractivity (Wildman–Crippen MR) is 308 cm³/mol. The van der Waals surface area contributed by atoms with E-state index in [1.165, 1.54) is 205 Å². The van der Waals surface area contributed by atoms with Crippen molar-refractivity contribution in [2.24, 2.45) is 0 Å². The first kappa shape index (κ1) is 60.6. The fraction of sp³-hybridized carbons (Fsp3) is 0.667. The topological polar surface area (TPSA) is 36.9 Å². The van der Waals surface area contributed by atoms with Crippen molar-refractivity contribution in [1.82, 2.24) is 0 Å². The Morgan fingerprint density at radius 3 is 0.743 bits per heavy atom. The van der Waals surface area contributed by atoms with Gasteiger partial charge in [-0.25, -0.2) is 0 Å². The van der Waals surface area contributed by atoms with Gasteiger partial charge in [-0.15, -0.1) is 0 Å². The number of unbranched alkanes of at least 4 members (excludes halogenated alkanes) is 32. The second kappa shape index (κ2) is 44.1. The molecule has 0 radical (unpaired) electrons. The molecule has 3 rings (SSSR count). The highest BCUT2D eigenvalue weighted by Crippen LogP contribution is 2.33. The number of benzene rings is 3. The van der Waals surface area contributed by atoms with Crippen LogP contribution in [-0.2, 0) is 0 Å². The lowest BCUT2D eigenvalue weighted by molar-refractivity contribution is 0.295. The van der Waals surface area contributed by atoms with Crippen molar-refractivity contribution < 1.29 is 18.9 Å². The van der Waals surface area contributed by atoms with Gasteiger partial charge >= 0.3 is 0 Å². The third kappa shape index (κ3) is 31.6. The van der Waals surface area contributed by atoms with Crippen LogP contribution in [0.3, 0.4) is 0 Å². The molecule has 0 N–H and O–H groups in total. The predicted octanol–water partition coefficient (Wildman–Crippen LogP) is 21.7. The second-order valence-electron chi connectivity index (χ2n) is 20.4. The molecular formula is C66H106O4. The molecule has 0 spiro atoms. The van der Waals surface area contributed by atoms with E-state index in [0.29, 0.717) is 13.2 Å². The van der Waals surface area contributed by atoms with Crippen LogP contribution in [0, 0.1) is 0 Å². The van der Waals surface area contributed by atoms with Gasteiger partial charge in [-0.2, -0.15) is 0 Å². The van der Waals surface area contributed by atoms with Crippen LogP contribution in [0.4, 0.5) is 0 Å². The first-order chi connectivity index (χ1) is 34.7. The first-order valence-corrected chi connectivity index (χ1v) is 29.9. The van der Waals surface area contributed by atoms with Gasteiger partial charge in [0.1, 0.15) is 23.0 Å². The Labute approximate surface area is 432 Å². The van der Waals surface area contributed by atoms with E-state index in [1.54, 1.807) is 0 Å². The fourth-order valence-corrected chi connectivity index (χ4v) is 9.22. The van der Waals surface area contributed by atoms with Crippen LogP contribution < -0.4 is 18.9 Å². The minimum Gasteiger partial charge on any atom is -0.494 e. The zero-order valence-corrected chi connectivity index (χ0v) is 46.0. The normalized spacial score (nSPS) is 11.6. The van der Waals surface area contributed by atoms with Crippen molar-refractivity contribution in [3.63, 3.8) is 0 Å². The maximum absolute atomic E-state index is 6.68. The third-order valence-corrected chi connectivity index (χ3v) is 13.9. The highest BCUT2D eigenvalue weighted by Gasteiger charge is 2.11. The highest BCUT2D eigenvalue weighted by atomic mass is 16.5. The molecule has 394 valence electrons. The Bertz CT molecular complexity index is 1550. The van der Waals surface area contributed by atoms with Gasteiger partial charge in [0.2, 0.25) is 0 Å². The van der Waals surface area contributed by atoms with Gasteiger partial charge in [0.25, 0.3) is 0 Å². The number of rotatable bonds is 48. The van der Waals surface area contributed by atoms with Crippen molar-refractivity contribution in [3.8, 4) is 23.0 Å². The molecule has 0 aromatic heterocycles. The lowest BCUT2D eigenvalue weighted by Crippen LogP contribution is -2.03. The SMILES string of the molecule is CCCCCCCCCCCOc1ccc(/C=C/c2cc(OCCCCCCCCCCC)c(/C=C/c3ccc(OCCCCCCCCCCC)cc3)cc2OCCCCCCCCCCC)cc1. The zero-order valence-electron chi connectivity index (χ0n) is 46.0. The van der Waals surface area contributed by atoms with E-state index in [-0.39, 0.29) is 0 Å². The molecule has 0 heterocycles. The van der Waals surface area contributed by atoms with Gasteiger partial charge in [-0.3, -0.25) is 0 Å². The minimum absolute atomic E-state index is 0.712. The smallest absolute Gasteiger partial charge is 0.127 e. The van der Waals surface area contributed by atoms with Crippen LogP contribution in [0.25, 0.3) is 24.3 Å². The lowest BCUT2D eigenvalue weighted by atomic mass is 10.0. The monoisotopic (exact) mass is 963 g/mol.